The molecule has 0 spiro atoms. The monoisotopic (exact) mass is 426 g/mol. The van der Waals surface area contributed by atoms with Crippen molar-refractivity contribution >= 4 is 12.6 Å². The van der Waals surface area contributed by atoms with Crippen molar-refractivity contribution in [2.75, 3.05) is 12.4 Å². The van der Waals surface area contributed by atoms with E-state index in [4.69, 9.17) is 4.74 Å². The van der Waals surface area contributed by atoms with Gasteiger partial charge in [-0.1, -0.05) is 84.8 Å². The number of rotatable bonds is 14. The average Bonchev–Trinajstić information content (AvgIpc) is 2.67. The molecular weight excluding hydrogens is 379 g/mol. The fraction of sp³-hybridized carbons (Fsp3) is 0.667. The summed E-state index contributed by atoms with van der Waals surface area (Å²) in [5.74, 6) is 4.31. The Morgan fingerprint density at radius 1 is 0.900 bits per heavy atom. The van der Waals surface area contributed by atoms with Crippen LogP contribution in [0.5, 0.6) is 5.75 Å². The summed E-state index contributed by atoms with van der Waals surface area (Å²) in [6.07, 6.45) is 11.7. The second-order valence-corrected chi connectivity index (χ2v) is 9.31. The summed E-state index contributed by atoms with van der Waals surface area (Å²) >= 11 is 4.07. The van der Waals surface area contributed by atoms with Gasteiger partial charge in [0.1, 0.15) is 0 Å². The van der Waals surface area contributed by atoms with Gasteiger partial charge in [0.2, 0.25) is 0 Å². The topological polar surface area (TPSA) is 9.23 Å². The van der Waals surface area contributed by atoms with Gasteiger partial charge in [-0.05, 0) is 17.8 Å². The van der Waals surface area contributed by atoms with E-state index < -0.39 is 0 Å². The van der Waals surface area contributed by atoms with Gasteiger partial charge in [0.15, 0.2) is 0 Å². The molecular formula is C27H47LiOS-2. The predicted octanol–water partition coefficient (Wildman–Crippen LogP) is 5.43. The first-order valence-electron chi connectivity index (χ1n) is 11.6. The van der Waals surface area contributed by atoms with Crippen molar-refractivity contribution in [3.63, 3.8) is 0 Å². The first-order chi connectivity index (χ1) is 13.8. The van der Waals surface area contributed by atoms with Crippen LogP contribution in [-0.2, 0) is 6.42 Å². The minimum Gasteiger partial charge on any atom is -0.495 e. The number of hydrogen-bond acceptors (Lipinski definition) is 2. The molecule has 0 heterocycles. The van der Waals surface area contributed by atoms with E-state index >= 15 is 0 Å². The number of hydrogen-bond donors (Lipinski definition) is 1. The molecule has 3 heteroatoms. The minimum absolute atomic E-state index is 0. The van der Waals surface area contributed by atoms with Crippen LogP contribution >= 0.6 is 12.6 Å². The Morgan fingerprint density at radius 3 is 1.97 bits per heavy atom. The largest absolute Gasteiger partial charge is 1.00 e. The number of ether oxygens (including phenoxy) is 1. The first-order valence-corrected chi connectivity index (χ1v) is 12.2. The van der Waals surface area contributed by atoms with E-state index in [1.807, 2.05) is 18.2 Å². The molecule has 0 amide bonds. The first kappa shape index (κ1) is 32.0. The van der Waals surface area contributed by atoms with Crippen LogP contribution in [0.25, 0.3) is 0 Å². The van der Waals surface area contributed by atoms with E-state index in [2.05, 4.69) is 61.1 Å². The molecule has 0 aliphatic heterocycles. The molecule has 1 nitrogen and oxygen atoms in total. The van der Waals surface area contributed by atoms with Crippen LogP contribution in [0.1, 0.15) is 90.2 Å². The predicted molar refractivity (Wildman–Crippen MR) is 135 cm³/mol. The molecule has 0 aliphatic rings. The van der Waals surface area contributed by atoms with Gasteiger partial charge in [0.25, 0.3) is 0 Å². The summed E-state index contributed by atoms with van der Waals surface area (Å²) in [4.78, 5) is 0. The van der Waals surface area contributed by atoms with Crippen LogP contribution in [0.3, 0.4) is 0 Å². The molecule has 30 heavy (non-hydrogen) atoms. The zero-order valence-corrected chi connectivity index (χ0v) is 21.6. The van der Waals surface area contributed by atoms with Crippen LogP contribution in [-0.4, -0.2) is 12.4 Å². The zero-order valence-electron chi connectivity index (χ0n) is 20.7. The van der Waals surface area contributed by atoms with Gasteiger partial charge < -0.3 is 18.6 Å². The maximum Gasteiger partial charge on any atom is 1.00 e. The van der Waals surface area contributed by atoms with Crippen molar-refractivity contribution in [1.29, 1.82) is 0 Å². The molecule has 0 aliphatic carbocycles. The van der Waals surface area contributed by atoms with Gasteiger partial charge in [0.05, 0.1) is 12.4 Å². The van der Waals surface area contributed by atoms with Crippen molar-refractivity contribution in [2.45, 2.75) is 85.5 Å². The molecule has 1 rings (SSSR count). The SMILES string of the molecule is [CH2-]CC[C@H](C)CCC[C@H](C)CCCC(C)C.[CH2-]Cc1cc(OCCS)ccc1[CH2-].[Li+]. The summed E-state index contributed by atoms with van der Waals surface area (Å²) < 4.78 is 5.42. The van der Waals surface area contributed by atoms with Crippen molar-refractivity contribution in [2.24, 2.45) is 17.8 Å². The summed E-state index contributed by atoms with van der Waals surface area (Å²) in [5, 5.41) is 0. The van der Waals surface area contributed by atoms with Crippen LogP contribution in [0, 0.1) is 38.5 Å². The fourth-order valence-corrected chi connectivity index (χ4v) is 3.51. The maximum absolute atomic E-state index is 5.42. The Kier molecular flexibility index (Phi) is 22.1. The van der Waals surface area contributed by atoms with Crippen LogP contribution in [0.15, 0.2) is 18.2 Å². The molecule has 0 fully saturated rings. The standard InChI is InChI=1S/C16H33.C11H14OS.Li/c1-6-9-15(4)12-8-13-16(5)11-7-10-14(2)3;1-3-10-8-11(12-6-7-13)5-4-9(10)2;/h14-16H,1,6-13H2,2-5H3;4-5,8,13H,1-3,6-7H2;/q-1;-2;+1/t15-,16+;;/m0../s1. The summed E-state index contributed by atoms with van der Waals surface area (Å²) in [5.41, 5.74) is 2.16. The summed E-state index contributed by atoms with van der Waals surface area (Å²) in [7, 11) is 0. The Hall–Kier alpha value is -0.163. The van der Waals surface area contributed by atoms with Crippen molar-refractivity contribution in [1.82, 2.24) is 0 Å². The van der Waals surface area contributed by atoms with E-state index in [-0.39, 0.29) is 18.9 Å². The second-order valence-electron chi connectivity index (χ2n) is 8.86. The Morgan fingerprint density at radius 2 is 1.47 bits per heavy atom. The van der Waals surface area contributed by atoms with E-state index in [0.29, 0.717) is 6.61 Å². The van der Waals surface area contributed by atoms with Gasteiger partial charge >= 0.3 is 18.9 Å². The quantitative estimate of drug-likeness (QED) is 0.237. The van der Waals surface area contributed by atoms with Crippen molar-refractivity contribution in [3.8, 4) is 5.75 Å². The van der Waals surface area contributed by atoms with Gasteiger partial charge in [0, 0.05) is 5.75 Å². The summed E-state index contributed by atoms with van der Waals surface area (Å²) in [6.45, 7) is 21.7. The molecule has 0 radical (unpaired) electrons. The summed E-state index contributed by atoms with van der Waals surface area (Å²) in [6, 6.07) is 5.86. The Balaban J connectivity index is 0. The van der Waals surface area contributed by atoms with E-state index in [1.165, 1.54) is 44.9 Å². The third kappa shape index (κ3) is 17.5. The van der Waals surface area contributed by atoms with Gasteiger partial charge in [-0.15, -0.1) is 0 Å². The molecule has 2 atom stereocenters. The minimum atomic E-state index is 0. The van der Waals surface area contributed by atoms with E-state index in [0.717, 1.165) is 53.2 Å². The smallest absolute Gasteiger partial charge is 0.495 e. The third-order valence-corrected chi connectivity index (χ3v) is 5.56. The van der Waals surface area contributed by atoms with Gasteiger partial charge in [-0.3, -0.25) is 0 Å². The molecule has 1 aromatic rings. The zero-order chi connectivity index (χ0) is 22.1. The maximum atomic E-state index is 5.42. The van der Waals surface area contributed by atoms with Gasteiger partial charge in [-0.2, -0.15) is 43.2 Å². The third-order valence-electron chi connectivity index (χ3n) is 5.38. The molecule has 170 valence electrons. The fourth-order valence-electron chi connectivity index (χ4n) is 3.41. The van der Waals surface area contributed by atoms with Crippen LogP contribution in [0.4, 0.5) is 0 Å². The van der Waals surface area contributed by atoms with Crippen LogP contribution in [0.2, 0.25) is 0 Å². The Labute approximate surface area is 207 Å². The van der Waals surface area contributed by atoms with Gasteiger partial charge in [-0.25, -0.2) is 6.42 Å². The van der Waals surface area contributed by atoms with Crippen LogP contribution < -0.4 is 23.6 Å². The number of benzene rings is 1. The van der Waals surface area contributed by atoms with E-state index in [1.54, 1.807) is 0 Å². The molecule has 0 saturated carbocycles. The molecule has 0 saturated heterocycles. The molecule has 0 N–H and O–H groups in total. The molecule has 1 aromatic carbocycles. The van der Waals surface area contributed by atoms with E-state index in [9.17, 15) is 0 Å². The second kappa shape index (κ2) is 20.7. The van der Waals surface area contributed by atoms with Crippen molar-refractivity contribution < 1.29 is 23.6 Å². The average molecular weight is 427 g/mol. The Bertz CT molecular complexity index is 504. The normalized spacial score (nSPS) is 12.5. The molecule has 0 aromatic heterocycles. The van der Waals surface area contributed by atoms with Crippen molar-refractivity contribution in [3.05, 3.63) is 50.1 Å². The molecule has 0 unspecified atom stereocenters. The molecule has 0 bridgehead atoms. The number of thiol groups is 1.